The minimum Gasteiger partial charge on any atom is -0.459 e. The van der Waals surface area contributed by atoms with Crippen LogP contribution in [0.15, 0.2) is 11.8 Å². The number of amides is 1. The maximum absolute atomic E-state index is 12.3. The van der Waals surface area contributed by atoms with Crippen molar-refractivity contribution in [3.05, 3.63) is 11.8 Å². The summed E-state index contributed by atoms with van der Waals surface area (Å²) in [5, 5.41) is 9.16. The number of likely N-dealkylation sites (N-methyl/N-ethyl adjacent to an activating group) is 1. The van der Waals surface area contributed by atoms with Crippen molar-refractivity contribution >= 4 is 5.91 Å². The molecule has 0 saturated heterocycles. The highest BCUT2D eigenvalue weighted by molar-refractivity contribution is 5.91. The molecule has 0 unspecified atom stereocenters. The molecule has 1 aliphatic heterocycles. The Labute approximate surface area is 133 Å². The third kappa shape index (κ3) is 3.82. The lowest BCUT2D eigenvalue weighted by atomic mass is 9.68. The van der Waals surface area contributed by atoms with E-state index in [0.717, 1.165) is 12.8 Å². The number of nitrogens with zero attached hydrogens (tertiary/aromatic N) is 1. The number of hydrogen-bond donors (Lipinski definition) is 1. The molecule has 5 heteroatoms. The minimum atomic E-state index is -0.383. The Balaban J connectivity index is 2.22. The molecular weight excluding hydrogens is 282 g/mol. The number of aliphatic hydroxyl groups excluding tert-OH is 1. The topological polar surface area (TPSA) is 59.0 Å². The van der Waals surface area contributed by atoms with Crippen molar-refractivity contribution in [2.24, 2.45) is 17.8 Å². The predicted molar refractivity (Wildman–Crippen MR) is 83.9 cm³/mol. The SMILES string of the molecule is CCO[C@@H]1OC(C(=O)N(C)C)=C[C@H](C2CCC2)[C@H]1CCCO. The molecule has 2 rings (SSSR count). The lowest BCUT2D eigenvalue weighted by molar-refractivity contribution is -0.180. The van der Waals surface area contributed by atoms with Crippen LogP contribution in [0.1, 0.15) is 39.0 Å². The van der Waals surface area contributed by atoms with Crippen LogP contribution in [0.25, 0.3) is 0 Å². The molecular formula is C17H29NO4. The summed E-state index contributed by atoms with van der Waals surface area (Å²) in [5.41, 5.74) is 0. The Kier molecular flexibility index (Phi) is 6.26. The second-order valence-electron chi connectivity index (χ2n) is 6.47. The highest BCUT2D eigenvalue weighted by Crippen LogP contribution is 2.44. The minimum absolute atomic E-state index is 0.102. The van der Waals surface area contributed by atoms with E-state index in [4.69, 9.17) is 14.6 Å². The van der Waals surface area contributed by atoms with Gasteiger partial charge in [0.15, 0.2) is 5.76 Å². The average molecular weight is 311 g/mol. The fourth-order valence-corrected chi connectivity index (χ4v) is 3.36. The first kappa shape index (κ1) is 17.3. The van der Waals surface area contributed by atoms with Gasteiger partial charge in [-0.15, -0.1) is 0 Å². The highest BCUT2D eigenvalue weighted by atomic mass is 16.7. The highest BCUT2D eigenvalue weighted by Gasteiger charge is 2.42. The van der Waals surface area contributed by atoms with Crippen LogP contribution in [0.4, 0.5) is 0 Å². The van der Waals surface area contributed by atoms with Crippen molar-refractivity contribution in [2.45, 2.75) is 45.3 Å². The number of aliphatic hydroxyl groups is 1. The molecule has 0 spiro atoms. The molecule has 3 atom stereocenters. The van der Waals surface area contributed by atoms with Gasteiger partial charge >= 0.3 is 0 Å². The van der Waals surface area contributed by atoms with Crippen LogP contribution >= 0.6 is 0 Å². The Morgan fingerprint density at radius 3 is 2.68 bits per heavy atom. The van der Waals surface area contributed by atoms with Gasteiger partial charge in [0.25, 0.3) is 5.91 Å². The summed E-state index contributed by atoms with van der Waals surface area (Å²) in [6, 6.07) is 0. The smallest absolute Gasteiger partial charge is 0.288 e. The van der Waals surface area contributed by atoms with E-state index >= 15 is 0 Å². The molecule has 0 aromatic heterocycles. The molecule has 2 aliphatic rings. The van der Waals surface area contributed by atoms with Gasteiger partial charge in [-0.05, 0) is 50.5 Å². The van der Waals surface area contributed by atoms with Crippen molar-refractivity contribution in [1.29, 1.82) is 0 Å². The molecule has 1 heterocycles. The lowest BCUT2D eigenvalue weighted by Crippen LogP contribution is -2.43. The van der Waals surface area contributed by atoms with Crippen molar-refractivity contribution in [3.8, 4) is 0 Å². The molecule has 22 heavy (non-hydrogen) atoms. The van der Waals surface area contributed by atoms with Crippen molar-refractivity contribution in [2.75, 3.05) is 27.3 Å². The fourth-order valence-electron chi connectivity index (χ4n) is 3.36. The van der Waals surface area contributed by atoms with Crippen LogP contribution in [-0.4, -0.2) is 49.5 Å². The van der Waals surface area contributed by atoms with Crippen LogP contribution in [0.5, 0.6) is 0 Å². The molecule has 0 aromatic carbocycles. The second kappa shape index (κ2) is 7.97. The number of ether oxygens (including phenoxy) is 2. The second-order valence-corrected chi connectivity index (χ2v) is 6.47. The zero-order valence-electron chi connectivity index (χ0n) is 14.0. The largest absolute Gasteiger partial charge is 0.459 e. The van der Waals surface area contributed by atoms with Gasteiger partial charge in [-0.25, -0.2) is 0 Å². The van der Waals surface area contributed by atoms with Gasteiger partial charge in [0.05, 0.1) is 0 Å². The van der Waals surface area contributed by atoms with Gasteiger partial charge in [-0.1, -0.05) is 6.42 Å². The third-order valence-electron chi connectivity index (χ3n) is 4.77. The zero-order chi connectivity index (χ0) is 16.1. The number of hydrogen-bond acceptors (Lipinski definition) is 4. The van der Waals surface area contributed by atoms with Crippen molar-refractivity contribution < 1.29 is 19.4 Å². The van der Waals surface area contributed by atoms with Crippen LogP contribution < -0.4 is 0 Å². The van der Waals surface area contributed by atoms with Crippen molar-refractivity contribution in [3.63, 3.8) is 0 Å². The lowest BCUT2D eigenvalue weighted by Gasteiger charge is -2.43. The molecule has 0 aromatic rings. The van der Waals surface area contributed by atoms with Crippen LogP contribution in [0.2, 0.25) is 0 Å². The summed E-state index contributed by atoms with van der Waals surface area (Å²) in [7, 11) is 3.47. The molecule has 126 valence electrons. The standard InChI is InChI=1S/C17H29NO4/c1-4-21-17-13(9-6-10-19)14(12-7-5-8-12)11-15(22-17)16(20)18(2)3/h11-14,17,19H,4-10H2,1-3H3/t13-,14-,17-/m1/s1. The van der Waals surface area contributed by atoms with Gasteiger partial charge < -0.3 is 19.5 Å². The van der Waals surface area contributed by atoms with Gasteiger partial charge in [-0.2, -0.15) is 0 Å². The van der Waals surface area contributed by atoms with Gasteiger partial charge in [0.2, 0.25) is 6.29 Å². The Bertz CT molecular complexity index is 403. The van der Waals surface area contributed by atoms with Crippen molar-refractivity contribution in [1.82, 2.24) is 4.90 Å². The Hall–Kier alpha value is -1.07. The van der Waals surface area contributed by atoms with Crippen LogP contribution in [-0.2, 0) is 14.3 Å². The number of carbonyl (C=O) groups excluding carboxylic acids is 1. The zero-order valence-corrected chi connectivity index (χ0v) is 14.0. The first-order chi connectivity index (χ1) is 10.6. The molecule has 1 amide bonds. The first-order valence-corrected chi connectivity index (χ1v) is 8.41. The van der Waals surface area contributed by atoms with E-state index in [1.165, 1.54) is 19.3 Å². The molecule has 1 saturated carbocycles. The van der Waals surface area contributed by atoms with E-state index in [9.17, 15) is 4.79 Å². The Morgan fingerprint density at radius 2 is 2.18 bits per heavy atom. The summed E-state index contributed by atoms with van der Waals surface area (Å²) >= 11 is 0. The van der Waals surface area contributed by atoms with E-state index in [0.29, 0.717) is 24.2 Å². The van der Waals surface area contributed by atoms with Gasteiger partial charge in [-0.3, -0.25) is 4.79 Å². The molecule has 0 radical (unpaired) electrons. The molecule has 1 aliphatic carbocycles. The van der Waals surface area contributed by atoms with E-state index in [1.54, 1.807) is 19.0 Å². The molecule has 1 fully saturated rings. The molecule has 5 nitrogen and oxygen atoms in total. The maximum Gasteiger partial charge on any atom is 0.288 e. The number of carbonyl (C=O) groups is 1. The van der Waals surface area contributed by atoms with Crippen LogP contribution in [0.3, 0.4) is 0 Å². The monoisotopic (exact) mass is 311 g/mol. The Morgan fingerprint density at radius 1 is 1.45 bits per heavy atom. The predicted octanol–water partition coefficient (Wildman–Crippen LogP) is 2.16. The summed E-state index contributed by atoms with van der Waals surface area (Å²) in [4.78, 5) is 13.8. The van der Waals surface area contributed by atoms with E-state index in [-0.39, 0.29) is 24.7 Å². The van der Waals surface area contributed by atoms with E-state index < -0.39 is 0 Å². The maximum atomic E-state index is 12.3. The van der Waals surface area contributed by atoms with Gasteiger partial charge in [0, 0.05) is 33.2 Å². The number of allylic oxidation sites excluding steroid dienone is 1. The molecule has 1 N–H and O–H groups in total. The summed E-state index contributed by atoms with van der Waals surface area (Å²) in [5.74, 6) is 1.45. The van der Waals surface area contributed by atoms with Gasteiger partial charge in [0.1, 0.15) is 0 Å². The summed E-state index contributed by atoms with van der Waals surface area (Å²) in [6.45, 7) is 2.68. The van der Waals surface area contributed by atoms with Crippen LogP contribution in [0, 0.1) is 17.8 Å². The summed E-state index contributed by atoms with van der Waals surface area (Å²) < 4.78 is 11.7. The normalized spacial score (nSPS) is 28.5. The molecule has 0 bridgehead atoms. The fraction of sp³-hybridized carbons (Fsp3) is 0.824. The third-order valence-corrected chi connectivity index (χ3v) is 4.77. The quantitative estimate of drug-likeness (QED) is 0.783. The summed E-state index contributed by atoms with van der Waals surface area (Å²) in [6.07, 6.45) is 6.92. The van der Waals surface area contributed by atoms with E-state index in [2.05, 4.69) is 0 Å². The first-order valence-electron chi connectivity index (χ1n) is 8.41. The van der Waals surface area contributed by atoms with E-state index in [1.807, 2.05) is 13.0 Å². The average Bonchev–Trinajstić information content (AvgIpc) is 2.43. The number of rotatable bonds is 7.